The van der Waals surface area contributed by atoms with Crippen LogP contribution in [0.3, 0.4) is 0 Å². The Kier molecular flexibility index (Phi) is 5.11. The average molecular weight is 374 g/mol. The number of nitrogens with zero attached hydrogens (tertiary/aromatic N) is 1. The molecule has 0 saturated heterocycles. The maximum atomic E-state index is 12.9. The summed E-state index contributed by atoms with van der Waals surface area (Å²) in [5.74, 6) is -0.316. The Bertz CT molecular complexity index is 1000. The van der Waals surface area contributed by atoms with Crippen molar-refractivity contribution in [3.05, 3.63) is 56.3 Å². The highest BCUT2D eigenvalue weighted by molar-refractivity contribution is 7.19. The number of benzene rings is 1. The standard InChI is InChI=1S/C20H20ClNO2S/c1-4-5-13(11-23)19-18(16-8-9-17(21)25-16)15-10-12(2)6-7-14(15)20(24)22(19)3/h6-11,13H,4-5H2,1-3H3. The molecule has 0 spiro atoms. The number of halogens is 1. The summed E-state index contributed by atoms with van der Waals surface area (Å²) < 4.78 is 2.32. The molecule has 0 aliphatic rings. The minimum Gasteiger partial charge on any atom is -0.314 e. The van der Waals surface area contributed by atoms with Crippen molar-refractivity contribution in [1.82, 2.24) is 4.57 Å². The molecule has 2 aromatic heterocycles. The maximum absolute atomic E-state index is 12.9. The Balaban J connectivity index is 2.49. The average Bonchev–Trinajstić information content (AvgIpc) is 3.02. The van der Waals surface area contributed by atoms with Crippen LogP contribution in [0.1, 0.15) is 36.9 Å². The molecule has 0 amide bonds. The Morgan fingerprint density at radius 2 is 2.00 bits per heavy atom. The second-order valence-corrected chi connectivity index (χ2v) is 8.02. The van der Waals surface area contributed by atoms with Gasteiger partial charge in [0.2, 0.25) is 0 Å². The largest absolute Gasteiger partial charge is 0.314 e. The summed E-state index contributed by atoms with van der Waals surface area (Å²) in [4.78, 5) is 25.7. The molecule has 0 saturated carbocycles. The lowest BCUT2D eigenvalue weighted by Crippen LogP contribution is -2.24. The Morgan fingerprint density at radius 1 is 1.24 bits per heavy atom. The first-order chi connectivity index (χ1) is 12.0. The molecular formula is C20H20ClNO2S. The molecule has 130 valence electrons. The second-order valence-electron chi connectivity index (χ2n) is 6.31. The summed E-state index contributed by atoms with van der Waals surface area (Å²) in [5.41, 5.74) is 2.73. The number of fused-ring (bicyclic) bond motifs is 1. The van der Waals surface area contributed by atoms with Gasteiger partial charge in [-0.15, -0.1) is 11.3 Å². The number of carbonyl (C=O) groups excluding carboxylic acids is 1. The van der Waals surface area contributed by atoms with Gasteiger partial charge in [-0.05, 0) is 36.9 Å². The molecule has 3 rings (SSSR count). The number of carbonyl (C=O) groups is 1. The molecule has 3 nitrogen and oxygen atoms in total. The van der Waals surface area contributed by atoms with Gasteiger partial charge in [-0.3, -0.25) is 4.79 Å². The molecule has 5 heteroatoms. The van der Waals surface area contributed by atoms with Crippen LogP contribution in [-0.4, -0.2) is 10.9 Å². The van der Waals surface area contributed by atoms with E-state index in [1.165, 1.54) is 11.3 Å². The third kappa shape index (κ3) is 3.16. The van der Waals surface area contributed by atoms with Gasteiger partial charge in [0.15, 0.2) is 0 Å². The van der Waals surface area contributed by atoms with E-state index in [1.54, 1.807) is 11.6 Å². The normalized spacial score (nSPS) is 12.5. The minimum absolute atomic E-state index is 0.0700. The number of rotatable bonds is 5. The SMILES string of the molecule is CCCC(C=O)c1c(-c2ccc(Cl)s2)c2cc(C)ccc2c(=O)n1C. The van der Waals surface area contributed by atoms with Crippen LogP contribution in [0.2, 0.25) is 4.34 Å². The lowest BCUT2D eigenvalue weighted by molar-refractivity contribution is -0.109. The van der Waals surface area contributed by atoms with Gasteiger partial charge >= 0.3 is 0 Å². The Hall–Kier alpha value is -1.91. The minimum atomic E-state index is -0.316. The van der Waals surface area contributed by atoms with Crippen LogP contribution in [0.4, 0.5) is 0 Å². The predicted octanol–water partition coefficient (Wildman–Crippen LogP) is 5.31. The Labute approximate surface area is 155 Å². The molecule has 3 aromatic rings. The summed E-state index contributed by atoms with van der Waals surface area (Å²) in [6.45, 7) is 4.05. The van der Waals surface area contributed by atoms with Crippen molar-refractivity contribution in [3.63, 3.8) is 0 Å². The molecule has 25 heavy (non-hydrogen) atoms. The molecule has 0 aliphatic carbocycles. The topological polar surface area (TPSA) is 39.1 Å². The van der Waals surface area contributed by atoms with Crippen LogP contribution in [0.5, 0.6) is 0 Å². The van der Waals surface area contributed by atoms with E-state index in [-0.39, 0.29) is 11.5 Å². The monoisotopic (exact) mass is 373 g/mol. The van der Waals surface area contributed by atoms with E-state index in [0.29, 0.717) is 16.1 Å². The molecule has 1 unspecified atom stereocenters. The first kappa shape index (κ1) is 17.9. The van der Waals surface area contributed by atoms with Crippen molar-refractivity contribution < 1.29 is 4.79 Å². The lowest BCUT2D eigenvalue weighted by atomic mass is 9.91. The third-order valence-electron chi connectivity index (χ3n) is 4.53. The van der Waals surface area contributed by atoms with Crippen molar-refractivity contribution in [3.8, 4) is 10.4 Å². The molecule has 0 fully saturated rings. The van der Waals surface area contributed by atoms with Crippen molar-refractivity contribution in [2.24, 2.45) is 7.05 Å². The number of pyridine rings is 1. The number of hydrogen-bond donors (Lipinski definition) is 0. The van der Waals surface area contributed by atoms with Gasteiger partial charge in [0, 0.05) is 28.6 Å². The number of hydrogen-bond acceptors (Lipinski definition) is 3. The zero-order valence-electron chi connectivity index (χ0n) is 14.5. The van der Waals surface area contributed by atoms with Crippen LogP contribution in [0.25, 0.3) is 21.2 Å². The van der Waals surface area contributed by atoms with E-state index in [2.05, 4.69) is 0 Å². The quantitative estimate of drug-likeness (QED) is 0.568. The van der Waals surface area contributed by atoms with Gasteiger partial charge in [0.25, 0.3) is 5.56 Å². The van der Waals surface area contributed by atoms with Crippen molar-refractivity contribution in [2.75, 3.05) is 0 Å². The molecule has 0 bridgehead atoms. The zero-order chi connectivity index (χ0) is 18.1. The van der Waals surface area contributed by atoms with Gasteiger partial charge in [-0.1, -0.05) is 42.6 Å². The predicted molar refractivity (Wildman–Crippen MR) is 106 cm³/mol. The molecule has 1 atom stereocenters. The van der Waals surface area contributed by atoms with Crippen LogP contribution in [0.15, 0.2) is 35.1 Å². The second kappa shape index (κ2) is 7.14. The number of aromatic nitrogens is 1. The fraction of sp³-hybridized carbons (Fsp3) is 0.300. The van der Waals surface area contributed by atoms with Crippen LogP contribution >= 0.6 is 22.9 Å². The van der Waals surface area contributed by atoms with Crippen LogP contribution in [0, 0.1) is 6.92 Å². The van der Waals surface area contributed by atoms with Crippen LogP contribution in [-0.2, 0) is 11.8 Å². The molecule has 0 radical (unpaired) electrons. The summed E-state index contributed by atoms with van der Waals surface area (Å²) in [7, 11) is 1.75. The van der Waals surface area contributed by atoms with Crippen molar-refractivity contribution in [2.45, 2.75) is 32.6 Å². The zero-order valence-corrected chi connectivity index (χ0v) is 16.1. The summed E-state index contributed by atoms with van der Waals surface area (Å²) in [6, 6.07) is 9.65. The number of aryl methyl sites for hydroxylation is 1. The van der Waals surface area contributed by atoms with Crippen LogP contribution < -0.4 is 5.56 Å². The van der Waals surface area contributed by atoms with Gasteiger partial charge in [-0.2, -0.15) is 0 Å². The maximum Gasteiger partial charge on any atom is 0.258 e. The first-order valence-electron chi connectivity index (χ1n) is 8.32. The summed E-state index contributed by atoms with van der Waals surface area (Å²) >= 11 is 7.64. The van der Waals surface area contributed by atoms with E-state index >= 15 is 0 Å². The summed E-state index contributed by atoms with van der Waals surface area (Å²) in [6.07, 6.45) is 2.53. The highest BCUT2D eigenvalue weighted by atomic mass is 35.5. The highest BCUT2D eigenvalue weighted by Crippen LogP contribution is 2.40. The third-order valence-corrected chi connectivity index (χ3v) is 5.78. The Morgan fingerprint density at radius 3 is 2.60 bits per heavy atom. The number of aldehydes is 1. The van der Waals surface area contributed by atoms with Gasteiger partial charge in [0.05, 0.1) is 10.3 Å². The van der Waals surface area contributed by atoms with E-state index < -0.39 is 0 Å². The number of thiophene rings is 1. The fourth-order valence-corrected chi connectivity index (χ4v) is 4.48. The summed E-state index contributed by atoms with van der Waals surface area (Å²) in [5, 5.41) is 1.55. The van der Waals surface area contributed by atoms with E-state index in [4.69, 9.17) is 11.6 Å². The first-order valence-corrected chi connectivity index (χ1v) is 9.51. The molecule has 0 aliphatic heterocycles. The fourth-order valence-electron chi connectivity index (χ4n) is 3.37. The van der Waals surface area contributed by atoms with E-state index in [0.717, 1.165) is 39.8 Å². The van der Waals surface area contributed by atoms with Crippen molar-refractivity contribution >= 4 is 40.0 Å². The smallest absolute Gasteiger partial charge is 0.258 e. The highest BCUT2D eigenvalue weighted by Gasteiger charge is 2.23. The van der Waals surface area contributed by atoms with Gasteiger partial charge < -0.3 is 9.36 Å². The molecule has 2 heterocycles. The van der Waals surface area contributed by atoms with Crippen molar-refractivity contribution in [1.29, 1.82) is 0 Å². The molecule has 1 aromatic carbocycles. The van der Waals surface area contributed by atoms with E-state index in [9.17, 15) is 9.59 Å². The molecule has 0 N–H and O–H groups in total. The van der Waals surface area contributed by atoms with E-state index in [1.807, 2.05) is 44.2 Å². The lowest BCUT2D eigenvalue weighted by Gasteiger charge is -2.21. The van der Waals surface area contributed by atoms with Gasteiger partial charge in [0.1, 0.15) is 6.29 Å². The molecular weight excluding hydrogens is 354 g/mol. The van der Waals surface area contributed by atoms with Gasteiger partial charge in [-0.25, -0.2) is 0 Å².